The number of carbonyl (C=O) groups excluding carboxylic acids is 2. The largest absolute Gasteiger partial charge is 0.508 e. The smallest absolute Gasteiger partial charge is 0.342 e. The van der Waals surface area contributed by atoms with Crippen molar-refractivity contribution in [2.75, 3.05) is 26.3 Å². The first-order valence-corrected chi connectivity index (χ1v) is 11.4. The van der Waals surface area contributed by atoms with Crippen LogP contribution in [0.15, 0.2) is 41.6 Å². The Labute approximate surface area is 194 Å². The lowest BCUT2D eigenvalue weighted by Crippen LogP contribution is -2.39. The molecule has 33 heavy (non-hydrogen) atoms. The molecule has 0 aliphatic carbocycles. The molecule has 1 amide bonds. The standard InChI is InChI=1S/C25H32N2O6/c1-18-9-11-27(12-10-18)23(30)17-33-26-20-8-6-4-2-3-5-7-13-32-25(31)24-19(14-20)15-21(28)16-22(24)29/h3,5-6,8,15-16,18,28-29H,2,4,7,9-14,17H2,1H3/b5-3+,8-6+,26-20?. The van der Waals surface area contributed by atoms with Crippen molar-refractivity contribution in [3.63, 3.8) is 0 Å². The molecule has 0 aromatic heterocycles. The molecule has 3 rings (SSSR count). The van der Waals surface area contributed by atoms with E-state index in [9.17, 15) is 19.8 Å². The maximum Gasteiger partial charge on any atom is 0.342 e. The fourth-order valence-corrected chi connectivity index (χ4v) is 3.82. The first-order chi connectivity index (χ1) is 15.9. The Morgan fingerprint density at radius 1 is 1.15 bits per heavy atom. The third kappa shape index (κ3) is 7.37. The van der Waals surface area contributed by atoms with Crippen LogP contribution in [0.4, 0.5) is 0 Å². The van der Waals surface area contributed by atoms with Crippen LogP contribution >= 0.6 is 0 Å². The van der Waals surface area contributed by atoms with Crippen LogP contribution < -0.4 is 0 Å². The van der Waals surface area contributed by atoms with Crippen LogP contribution in [0, 0.1) is 5.92 Å². The minimum absolute atomic E-state index is 0.0200. The van der Waals surface area contributed by atoms with E-state index in [2.05, 4.69) is 12.1 Å². The molecule has 1 aromatic carbocycles. The molecule has 2 heterocycles. The van der Waals surface area contributed by atoms with Gasteiger partial charge >= 0.3 is 5.97 Å². The number of aromatic hydroxyl groups is 2. The van der Waals surface area contributed by atoms with Gasteiger partial charge in [-0.2, -0.15) is 0 Å². The molecule has 1 aromatic rings. The molecule has 0 radical (unpaired) electrons. The first kappa shape index (κ1) is 24.4. The lowest BCUT2D eigenvalue weighted by Gasteiger charge is -2.29. The van der Waals surface area contributed by atoms with Gasteiger partial charge in [0, 0.05) is 25.6 Å². The summed E-state index contributed by atoms with van der Waals surface area (Å²) in [7, 11) is 0. The molecule has 178 valence electrons. The van der Waals surface area contributed by atoms with Crippen LogP contribution in [-0.2, 0) is 20.8 Å². The number of likely N-dealkylation sites (tertiary alicyclic amines) is 1. The second kappa shape index (κ2) is 12.1. The van der Waals surface area contributed by atoms with Gasteiger partial charge in [0.05, 0.1) is 12.3 Å². The molecule has 0 saturated carbocycles. The summed E-state index contributed by atoms with van der Waals surface area (Å²) in [5, 5.41) is 24.4. The van der Waals surface area contributed by atoms with E-state index >= 15 is 0 Å². The summed E-state index contributed by atoms with van der Waals surface area (Å²) in [5.74, 6) is -0.704. The van der Waals surface area contributed by atoms with E-state index in [-0.39, 0.29) is 42.6 Å². The Hall–Kier alpha value is -3.29. The summed E-state index contributed by atoms with van der Waals surface area (Å²) in [5.41, 5.74) is 0.789. The number of piperidine rings is 1. The summed E-state index contributed by atoms with van der Waals surface area (Å²) in [4.78, 5) is 32.2. The van der Waals surface area contributed by atoms with Gasteiger partial charge < -0.3 is 24.7 Å². The number of allylic oxidation sites excluding steroid dienone is 3. The normalized spacial score (nSPS) is 21.5. The van der Waals surface area contributed by atoms with Crippen molar-refractivity contribution in [3.8, 4) is 11.5 Å². The van der Waals surface area contributed by atoms with Gasteiger partial charge in [-0.1, -0.05) is 30.3 Å². The molecule has 0 spiro atoms. The highest BCUT2D eigenvalue weighted by molar-refractivity contribution is 6.00. The lowest BCUT2D eigenvalue weighted by atomic mass is 9.99. The number of phenols is 2. The molecule has 1 saturated heterocycles. The predicted octanol–water partition coefficient (Wildman–Crippen LogP) is 3.72. The number of cyclic esters (lactones) is 1. The van der Waals surface area contributed by atoms with Crippen molar-refractivity contribution in [1.29, 1.82) is 0 Å². The average Bonchev–Trinajstić information content (AvgIpc) is 2.77. The van der Waals surface area contributed by atoms with Crippen LogP contribution in [0.25, 0.3) is 0 Å². The lowest BCUT2D eigenvalue weighted by molar-refractivity contribution is -0.137. The molecule has 2 N–H and O–H groups in total. The van der Waals surface area contributed by atoms with E-state index in [1.807, 2.05) is 18.2 Å². The van der Waals surface area contributed by atoms with Crippen LogP contribution in [0.1, 0.15) is 54.9 Å². The topological polar surface area (TPSA) is 109 Å². The molecular formula is C25H32N2O6. The maximum absolute atomic E-state index is 12.6. The number of oxime groups is 1. The molecule has 0 atom stereocenters. The van der Waals surface area contributed by atoms with Gasteiger partial charge in [-0.3, -0.25) is 4.79 Å². The SMILES string of the molecule is CC1CCN(C(=O)CON=C2/C=C/CC/C=C/CCOC(=O)c3c(O)cc(O)cc3C2)CC1. The summed E-state index contributed by atoms with van der Waals surface area (Å²) >= 11 is 0. The second-order valence-corrected chi connectivity index (χ2v) is 8.47. The van der Waals surface area contributed by atoms with Gasteiger partial charge in [0.25, 0.3) is 5.91 Å². The number of rotatable bonds is 3. The third-order valence-corrected chi connectivity index (χ3v) is 5.76. The van der Waals surface area contributed by atoms with E-state index in [0.717, 1.165) is 44.8 Å². The highest BCUT2D eigenvalue weighted by Gasteiger charge is 2.22. The molecule has 1 fully saturated rings. The number of hydrogen-bond acceptors (Lipinski definition) is 7. The van der Waals surface area contributed by atoms with E-state index in [0.29, 0.717) is 23.6 Å². The highest BCUT2D eigenvalue weighted by atomic mass is 16.6. The number of amides is 1. The van der Waals surface area contributed by atoms with Gasteiger partial charge in [-0.05, 0) is 55.7 Å². The van der Waals surface area contributed by atoms with E-state index in [1.165, 1.54) is 6.07 Å². The number of benzene rings is 1. The second-order valence-electron chi connectivity index (χ2n) is 8.47. The molecule has 0 bridgehead atoms. The Balaban J connectivity index is 1.78. The Bertz CT molecular complexity index is 929. The fraction of sp³-hybridized carbons (Fsp3) is 0.480. The number of hydrogen-bond donors (Lipinski definition) is 2. The molecule has 2 aliphatic rings. The Kier molecular flexibility index (Phi) is 8.92. The molecule has 2 aliphatic heterocycles. The summed E-state index contributed by atoms with van der Waals surface area (Å²) in [6, 6.07) is 2.50. The number of nitrogens with zero attached hydrogens (tertiary/aromatic N) is 2. The van der Waals surface area contributed by atoms with Crippen LogP contribution in [-0.4, -0.2) is 59.0 Å². The third-order valence-electron chi connectivity index (χ3n) is 5.76. The molecule has 0 unspecified atom stereocenters. The van der Waals surface area contributed by atoms with Gasteiger partial charge in [-0.15, -0.1) is 0 Å². The van der Waals surface area contributed by atoms with E-state index < -0.39 is 5.97 Å². The van der Waals surface area contributed by atoms with Crippen molar-refractivity contribution in [3.05, 3.63) is 47.6 Å². The maximum atomic E-state index is 12.6. The van der Waals surface area contributed by atoms with Crippen molar-refractivity contribution in [1.82, 2.24) is 4.90 Å². The first-order valence-electron chi connectivity index (χ1n) is 11.4. The van der Waals surface area contributed by atoms with Gasteiger partial charge in [-0.25, -0.2) is 4.79 Å². The van der Waals surface area contributed by atoms with Crippen molar-refractivity contribution in [2.24, 2.45) is 11.1 Å². The van der Waals surface area contributed by atoms with Crippen molar-refractivity contribution >= 4 is 17.6 Å². The van der Waals surface area contributed by atoms with Crippen molar-refractivity contribution in [2.45, 2.75) is 45.4 Å². The fourth-order valence-electron chi connectivity index (χ4n) is 3.82. The molecule has 8 heteroatoms. The summed E-state index contributed by atoms with van der Waals surface area (Å²) < 4.78 is 5.29. The molecular weight excluding hydrogens is 424 g/mol. The summed E-state index contributed by atoms with van der Waals surface area (Å²) in [6.07, 6.45) is 11.9. The predicted molar refractivity (Wildman–Crippen MR) is 124 cm³/mol. The molecule has 8 nitrogen and oxygen atoms in total. The minimum atomic E-state index is -0.674. The zero-order valence-corrected chi connectivity index (χ0v) is 19.0. The van der Waals surface area contributed by atoms with Gasteiger partial charge in [0.15, 0.2) is 6.61 Å². The number of esters is 1. The number of carbonyl (C=O) groups is 2. The minimum Gasteiger partial charge on any atom is -0.508 e. The van der Waals surface area contributed by atoms with Crippen molar-refractivity contribution < 1.29 is 29.4 Å². The number of fused-ring (bicyclic) bond motifs is 1. The van der Waals surface area contributed by atoms with Crippen LogP contribution in [0.2, 0.25) is 0 Å². The van der Waals surface area contributed by atoms with E-state index in [1.54, 1.807) is 11.0 Å². The van der Waals surface area contributed by atoms with Crippen LogP contribution in [0.5, 0.6) is 11.5 Å². The Morgan fingerprint density at radius 2 is 1.88 bits per heavy atom. The van der Waals surface area contributed by atoms with Gasteiger partial charge in [0.2, 0.25) is 0 Å². The monoisotopic (exact) mass is 456 g/mol. The zero-order chi connectivity index (χ0) is 23.6. The van der Waals surface area contributed by atoms with Crippen LogP contribution in [0.3, 0.4) is 0 Å². The quantitative estimate of drug-likeness (QED) is 0.408. The van der Waals surface area contributed by atoms with E-state index in [4.69, 9.17) is 9.57 Å². The average molecular weight is 457 g/mol. The van der Waals surface area contributed by atoms with Gasteiger partial charge in [0.1, 0.15) is 17.1 Å². The Morgan fingerprint density at radius 3 is 2.67 bits per heavy atom. The zero-order valence-electron chi connectivity index (χ0n) is 19.0. The summed E-state index contributed by atoms with van der Waals surface area (Å²) in [6.45, 7) is 3.65. The number of phenolic OH excluding ortho intramolecular Hbond substituents is 2. The highest BCUT2D eigenvalue weighted by Crippen LogP contribution is 2.29. The number of ether oxygens (including phenoxy) is 1.